The van der Waals surface area contributed by atoms with Crippen LogP contribution in [0.3, 0.4) is 0 Å². The zero-order chi connectivity index (χ0) is 21.1. The molecule has 2 heterocycles. The Kier molecular flexibility index (Phi) is 5.08. The molecule has 0 saturated carbocycles. The molecule has 11 nitrogen and oxygen atoms in total. The second-order valence-corrected chi connectivity index (χ2v) is 6.48. The standard InChI is InChI=1S/C19H16N6O5/c26-17(21-19-20-12-23(22-19)9-13-4-2-1-3-5-13)10-24-15-8-14(25(28)29)6-7-16(15)30-11-18(24)27/h1-8,12H,9-11H2,(H,21,22,26). The van der Waals surface area contributed by atoms with Crippen molar-refractivity contribution in [3.05, 3.63) is 70.5 Å². The quantitative estimate of drug-likeness (QED) is 0.484. The first kappa shape index (κ1) is 19.1. The first-order chi connectivity index (χ1) is 14.5. The van der Waals surface area contributed by atoms with E-state index in [1.165, 1.54) is 24.5 Å². The number of nitrogens with one attached hydrogen (secondary N) is 1. The second kappa shape index (κ2) is 7.99. The number of hydrogen-bond acceptors (Lipinski definition) is 7. The lowest BCUT2D eigenvalue weighted by atomic mass is 10.2. The van der Waals surface area contributed by atoms with Gasteiger partial charge in [0.25, 0.3) is 11.6 Å². The highest BCUT2D eigenvalue weighted by Gasteiger charge is 2.29. The van der Waals surface area contributed by atoms with E-state index in [4.69, 9.17) is 4.74 Å². The molecule has 11 heteroatoms. The molecule has 2 aromatic carbocycles. The molecule has 4 rings (SSSR count). The number of nitro benzene ring substituents is 1. The van der Waals surface area contributed by atoms with E-state index in [9.17, 15) is 19.7 Å². The lowest BCUT2D eigenvalue weighted by Gasteiger charge is -2.28. The van der Waals surface area contributed by atoms with Gasteiger partial charge in [-0.2, -0.15) is 0 Å². The van der Waals surface area contributed by atoms with Crippen molar-refractivity contribution in [2.24, 2.45) is 0 Å². The van der Waals surface area contributed by atoms with Crippen LogP contribution < -0.4 is 15.0 Å². The topological polar surface area (TPSA) is 132 Å². The Bertz CT molecular complexity index is 1110. The van der Waals surface area contributed by atoms with Gasteiger partial charge in [0.05, 0.1) is 17.2 Å². The number of rotatable bonds is 6. The van der Waals surface area contributed by atoms with E-state index in [0.29, 0.717) is 12.3 Å². The molecule has 0 fully saturated rings. The number of carbonyl (C=O) groups excluding carboxylic acids is 2. The summed E-state index contributed by atoms with van der Waals surface area (Å²) in [6.07, 6.45) is 1.49. The van der Waals surface area contributed by atoms with Crippen LogP contribution in [-0.4, -0.2) is 44.7 Å². The summed E-state index contributed by atoms with van der Waals surface area (Å²) in [5, 5.41) is 17.8. The van der Waals surface area contributed by atoms with E-state index < -0.39 is 16.7 Å². The molecule has 3 aromatic rings. The lowest BCUT2D eigenvalue weighted by Crippen LogP contribution is -2.43. The van der Waals surface area contributed by atoms with Gasteiger partial charge in [-0.3, -0.25) is 29.9 Å². The number of nitrogens with zero attached hydrogens (tertiary/aromatic N) is 5. The van der Waals surface area contributed by atoms with Gasteiger partial charge in [0.1, 0.15) is 18.6 Å². The van der Waals surface area contributed by atoms with E-state index in [0.717, 1.165) is 10.5 Å². The molecule has 0 atom stereocenters. The number of aromatic nitrogens is 3. The van der Waals surface area contributed by atoms with Gasteiger partial charge in [-0.25, -0.2) is 9.67 Å². The first-order valence-electron chi connectivity index (χ1n) is 8.94. The molecule has 1 N–H and O–H groups in total. The molecule has 1 aliphatic heterocycles. The fourth-order valence-corrected chi connectivity index (χ4v) is 2.98. The van der Waals surface area contributed by atoms with Crippen molar-refractivity contribution in [3.63, 3.8) is 0 Å². The van der Waals surface area contributed by atoms with Crippen LogP contribution in [0.1, 0.15) is 5.56 Å². The Balaban J connectivity index is 1.45. The van der Waals surface area contributed by atoms with Crippen LogP contribution in [0.25, 0.3) is 0 Å². The van der Waals surface area contributed by atoms with Crippen molar-refractivity contribution in [1.29, 1.82) is 0 Å². The lowest BCUT2D eigenvalue weighted by molar-refractivity contribution is -0.384. The molecule has 0 bridgehead atoms. The van der Waals surface area contributed by atoms with Crippen LogP contribution in [0.15, 0.2) is 54.9 Å². The predicted molar refractivity (Wildman–Crippen MR) is 105 cm³/mol. The third-order valence-electron chi connectivity index (χ3n) is 4.37. The van der Waals surface area contributed by atoms with Gasteiger partial charge in [-0.1, -0.05) is 30.3 Å². The maximum absolute atomic E-state index is 12.5. The average molecular weight is 408 g/mol. The van der Waals surface area contributed by atoms with Gasteiger partial charge in [0.2, 0.25) is 11.9 Å². The van der Waals surface area contributed by atoms with Crippen LogP contribution in [0.4, 0.5) is 17.3 Å². The van der Waals surface area contributed by atoms with Crippen LogP contribution in [0, 0.1) is 10.1 Å². The number of benzene rings is 2. The van der Waals surface area contributed by atoms with Gasteiger partial charge in [0, 0.05) is 12.1 Å². The molecule has 0 unspecified atom stereocenters. The summed E-state index contributed by atoms with van der Waals surface area (Å²) in [5.74, 6) is -0.643. The van der Waals surface area contributed by atoms with Gasteiger partial charge in [0.15, 0.2) is 6.61 Å². The summed E-state index contributed by atoms with van der Waals surface area (Å²) < 4.78 is 6.86. The van der Waals surface area contributed by atoms with Gasteiger partial charge >= 0.3 is 0 Å². The van der Waals surface area contributed by atoms with Crippen molar-refractivity contribution >= 4 is 29.1 Å². The van der Waals surface area contributed by atoms with Crippen molar-refractivity contribution in [2.45, 2.75) is 6.54 Å². The molecular formula is C19H16N6O5. The third kappa shape index (κ3) is 4.09. The monoisotopic (exact) mass is 408 g/mol. The van der Waals surface area contributed by atoms with Crippen molar-refractivity contribution in [3.8, 4) is 5.75 Å². The maximum Gasteiger partial charge on any atom is 0.271 e. The van der Waals surface area contributed by atoms with Gasteiger partial charge < -0.3 is 4.74 Å². The van der Waals surface area contributed by atoms with Crippen molar-refractivity contribution in [2.75, 3.05) is 23.4 Å². The summed E-state index contributed by atoms with van der Waals surface area (Å²) in [6, 6.07) is 13.5. The highest BCUT2D eigenvalue weighted by atomic mass is 16.6. The highest BCUT2D eigenvalue weighted by molar-refractivity contribution is 6.04. The van der Waals surface area contributed by atoms with Crippen LogP contribution in [0.2, 0.25) is 0 Å². The summed E-state index contributed by atoms with van der Waals surface area (Å²) >= 11 is 0. The third-order valence-corrected chi connectivity index (χ3v) is 4.37. The molecule has 1 aliphatic rings. The number of non-ortho nitro benzene ring substituents is 1. The number of anilines is 2. The molecule has 152 valence electrons. The fourth-order valence-electron chi connectivity index (χ4n) is 2.98. The van der Waals surface area contributed by atoms with Gasteiger partial charge in [-0.05, 0) is 11.6 Å². The minimum Gasteiger partial charge on any atom is -0.482 e. The van der Waals surface area contributed by atoms with Crippen LogP contribution >= 0.6 is 0 Å². The fraction of sp³-hybridized carbons (Fsp3) is 0.158. The molecule has 0 aliphatic carbocycles. The Morgan fingerprint density at radius 1 is 1.23 bits per heavy atom. The van der Waals surface area contributed by atoms with E-state index in [2.05, 4.69) is 15.4 Å². The number of carbonyl (C=O) groups is 2. The van der Waals surface area contributed by atoms with Crippen LogP contribution in [0.5, 0.6) is 5.75 Å². The number of hydrogen-bond donors (Lipinski definition) is 1. The Morgan fingerprint density at radius 2 is 2.03 bits per heavy atom. The molecule has 0 spiro atoms. The molecule has 0 radical (unpaired) electrons. The molecule has 30 heavy (non-hydrogen) atoms. The van der Waals surface area contributed by atoms with Crippen LogP contribution in [-0.2, 0) is 16.1 Å². The van der Waals surface area contributed by atoms with E-state index in [1.54, 1.807) is 4.68 Å². The predicted octanol–water partition coefficient (Wildman–Crippen LogP) is 1.60. The Labute approximate surface area is 170 Å². The SMILES string of the molecule is O=C(CN1C(=O)COc2ccc([N+](=O)[O-])cc21)Nc1ncn(Cc2ccccc2)n1. The summed E-state index contributed by atoms with van der Waals surface area (Å²) in [7, 11) is 0. The minimum atomic E-state index is -0.582. The summed E-state index contributed by atoms with van der Waals surface area (Å²) in [6.45, 7) is -0.131. The second-order valence-electron chi connectivity index (χ2n) is 6.48. The normalized spacial score (nSPS) is 12.8. The highest BCUT2D eigenvalue weighted by Crippen LogP contribution is 2.35. The zero-order valence-electron chi connectivity index (χ0n) is 15.6. The number of nitro groups is 1. The number of ether oxygens (including phenoxy) is 1. The summed E-state index contributed by atoms with van der Waals surface area (Å²) in [5.41, 5.74) is 0.981. The number of amides is 2. The van der Waals surface area contributed by atoms with Crippen molar-refractivity contribution < 1.29 is 19.2 Å². The van der Waals surface area contributed by atoms with E-state index in [1.807, 2.05) is 30.3 Å². The Morgan fingerprint density at radius 3 is 2.80 bits per heavy atom. The number of fused-ring (bicyclic) bond motifs is 1. The minimum absolute atomic E-state index is 0.0934. The average Bonchev–Trinajstić information content (AvgIpc) is 3.17. The first-order valence-corrected chi connectivity index (χ1v) is 8.94. The smallest absolute Gasteiger partial charge is 0.271 e. The van der Waals surface area contributed by atoms with Crippen molar-refractivity contribution in [1.82, 2.24) is 14.8 Å². The largest absolute Gasteiger partial charge is 0.482 e. The molecule has 0 saturated heterocycles. The molecule has 2 amide bonds. The zero-order valence-corrected chi connectivity index (χ0v) is 15.6. The molecule has 1 aromatic heterocycles. The summed E-state index contributed by atoms with van der Waals surface area (Å²) in [4.78, 5) is 40.3. The Hall–Kier alpha value is -4.28. The van der Waals surface area contributed by atoms with E-state index >= 15 is 0 Å². The van der Waals surface area contributed by atoms with Gasteiger partial charge in [-0.15, -0.1) is 5.10 Å². The molecular weight excluding hydrogens is 392 g/mol. The maximum atomic E-state index is 12.5. The van der Waals surface area contributed by atoms with E-state index in [-0.39, 0.29) is 30.5 Å².